The highest BCUT2D eigenvalue weighted by atomic mass is 16.2. The third-order valence-electron chi connectivity index (χ3n) is 3.81. The van der Waals surface area contributed by atoms with E-state index in [0.717, 1.165) is 31.5 Å². The Morgan fingerprint density at radius 2 is 2.05 bits per heavy atom. The van der Waals surface area contributed by atoms with Gasteiger partial charge in [-0.25, -0.2) is 0 Å². The van der Waals surface area contributed by atoms with E-state index in [2.05, 4.69) is 19.0 Å². The highest BCUT2D eigenvalue weighted by Gasteiger charge is 2.27. The number of carbonyl (C=O) groups is 1. The Morgan fingerprint density at radius 3 is 2.58 bits per heavy atom. The van der Waals surface area contributed by atoms with E-state index in [0.29, 0.717) is 12.6 Å². The number of nitrogens with zero attached hydrogens (tertiary/aromatic N) is 2. The van der Waals surface area contributed by atoms with Crippen molar-refractivity contribution < 1.29 is 4.79 Å². The lowest BCUT2D eigenvalue weighted by Gasteiger charge is -2.20. The highest BCUT2D eigenvalue weighted by Crippen LogP contribution is 2.16. The number of carbonyl (C=O) groups excluding carboxylic acids is 1. The maximum absolute atomic E-state index is 12.4. The number of amides is 1. The van der Waals surface area contributed by atoms with Crippen LogP contribution in [0.3, 0.4) is 0 Å². The smallest absolute Gasteiger partial charge is 0.253 e. The summed E-state index contributed by atoms with van der Waals surface area (Å²) in [5, 5.41) is 0. The van der Waals surface area contributed by atoms with Gasteiger partial charge in [-0.3, -0.25) is 4.79 Å². The molecule has 1 amide bonds. The molecular weight excluding hydrogens is 238 g/mol. The normalized spacial score (nSPS) is 19.2. The summed E-state index contributed by atoms with van der Waals surface area (Å²) >= 11 is 0. The molecule has 1 heterocycles. The zero-order valence-corrected chi connectivity index (χ0v) is 11.8. The Bertz CT molecular complexity index is 428. The second-order valence-corrected chi connectivity index (χ2v) is 5.39. The Balaban J connectivity index is 2.00. The number of rotatable bonds is 4. The molecule has 0 radical (unpaired) electrons. The monoisotopic (exact) mass is 261 g/mol. The van der Waals surface area contributed by atoms with Gasteiger partial charge in [-0.2, -0.15) is 0 Å². The first-order chi connectivity index (χ1) is 9.11. The number of hydrogen-bond donors (Lipinski definition) is 1. The molecule has 19 heavy (non-hydrogen) atoms. The third kappa shape index (κ3) is 3.33. The highest BCUT2D eigenvalue weighted by molar-refractivity contribution is 5.94. The molecule has 1 fully saturated rings. The van der Waals surface area contributed by atoms with Gasteiger partial charge in [0.1, 0.15) is 0 Å². The molecule has 0 aliphatic carbocycles. The van der Waals surface area contributed by atoms with Gasteiger partial charge in [-0.15, -0.1) is 0 Å². The van der Waals surface area contributed by atoms with Crippen LogP contribution in [0.5, 0.6) is 0 Å². The molecule has 104 valence electrons. The van der Waals surface area contributed by atoms with E-state index in [1.165, 1.54) is 5.56 Å². The van der Waals surface area contributed by atoms with Crippen molar-refractivity contribution in [2.24, 2.45) is 5.73 Å². The summed E-state index contributed by atoms with van der Waals surface area (Å²) in [6.45, 7) is 2.33. The predicted molar refractivity (Wildman–Crippen MR) is 77.2 cm³/mol. The van der Waals surface area contributed by atoms with Crippen LogP contribution in [-0.4, -0.2) is 55.5 Å². The second kappa shape index (κ2) is 6.17. The quantitative estimate of drug-likeness (QED) is 0.878. The molecule has 0 spiro atoms. The molecule has 2 N–H and O–H groups in total. The third-order valence-corrected chi connectivity index (χ3v) is 3.81. The summed E-state index contributed by atoms with van der Waals surface area (Å²) in [5.74, 6) is 0.142. The van der Waals surface area contributed by atoms with E-state index < -0.39 is 0 Å². The van der Waals surface area contributed by atoms with Crippen LogP contribution in [-0.2, 0) is 6.42 Å². The van der Waals surface area contributed by atoms with Crippen molar-refractivity contribution in [1.82, 2.24) is 9.80 Å². The van der Waals surface area contributed by atoms with E-state index in [1.807, 2.05) is 29.2 Å². The molecule has 1 aromatic rings. The van der Waals surface area contributed by atoms with Crippen molar-refractivity contribution in [1.29, 1.82) is 0 Å². The van der Waals surface area contributed by atoms with Crippen molar-refractivity contribution in [3.05, 3.63) is 35.4 Å². The lowest BCUT2D eigenvalue weighted by molar-refractivity contribution is 0.0783. The summed E-state index contributed by atoms with van der Waals surface area (Å²) in [6, 6.07) is 8.31. The van der Waals surface area contributed by atoms with Crippen LogP contribution in [0.25, 0.3) is 0 Å². The standard InChI is InChI=1S/C15H23N3O/c1-17(2)14-8-10-18(11-14)15(19)13-5-3-12(4-6-13)7-9-16/h3-6,14H,7-11,16H2,1-2H3. The Kier molecular flexibility index (Phi) is 4.56. The summed E-state index contributed by atoms with van der Waals surface area (Å²) in [4.78, 5) is 16.5. The molecule has 2 rings (SSSR count). The van der Waals surface area contributed by atoms with E-state index >= 15 is 0 Å². The van der Waals surface area contributed by atoms with Crippen molar-refractivity contribution >= 4 is 5.91 Å². The van der Waals surface area contributed by atoms with Gasteiger partial charge in [0.25, 0.3) is 5.91 Å². The Hall–Kier alpha value is -1.39. The van der Waals surface area contributed by atoms with Gasteiger partial charge >= 0.3 is 0 Å². The fourth-order valence-electron chi connectivity index (χ4n) is 2.51. The Labute approximate surface area is 115 Å². The first-order valence-electron chi connectivity index (χ1n) is 6.86. The maximum Gasteiger partial charge on any atom is 0.253 e. The summed E-state index contributed by atoms with van der Waals surface area (Å²) in [5.41, 5.74) is 7.49. The first-order valence-corrected chi connectivity index (χ1v) is 6.86. The van der Waals surface area contributed by atoms with Crippen LogP contribution in [0.15, 0.2) is 24.3 Å². The lowest BCUT2D eigenvalue weighted by Crippen LogP contribution is -2.34. The number of nitrogens with two attached hydrogens (primary N) is 1. The number of hydrogen-bond acceptors (Lipinski definition) is 3. The van der Waals surface area contributed by atoms with Crippen LogP contribution in [0.4, 0.5) is 0 Å². The molecule has 4 heteroatoms. The van der Waals surface area contributed by atoms with Crippen molar-refractivity contribution in [2.75, 3.05) is 33.7 Å². The topological polar surface area (TPSA) is 49.6 Å². The van der Waals surface area contributed by atoms with Crippen molar-refractivity contribution in [2.45, 2.75) is 18.9 Å². The van der Waals surface area contributed by atoms with Crippen LogP contribution >= 0.6 is 0 Å². The minimum atomic E-state index is 0.142. The number of likely N-dealkylation sites (tertiary alicyclic amines) is 1. The molecule has 1 atom stereocenters. The fraction of sp³-hybridized carbons (Fsp3) is 0.533. The average molecular weight is 261 g/mol. The lowest BCUT2D eigenvalue weighted by atomic mass is 10.1. The van der Waals surface area contributed by atoms with Crippen molar-refractivity contribution in [3.63, 3.8) is 0 Å². The molecule has 1 aliphatic heterocycles. The van der Waals surface area contributed by atoms with Gasteiger partial charge in [0.15, 0.2) is 0 Å². The largest absolute Gasteiger partial charge is 0.337 e. The molecule has 0 aromatic heterocycles. The number of likely N-dealkylation sites (N-methyl/N-ethyl adjacent to an activating group) is 1. The maximum atomic E-state index is 12.4. The molecule has 1 saturated heterocycles. The molecule has 0 bridgehead atoms. The van der Waals surface area contributed by atoms with Crippen LogP contribution in [0, 0.1) is 0 Å². The van der Waals surface area contributed by atoms with Crippen LogP contribution < -0.4 is 5.73 Å². The molecular formula is C15H23N3O. The van der Waals surface area contributed by atoms with Gasteiger partial charge < -0.3 is 15.5 Å². The molecule has 1 aliphatic rings. The average Bonchev–Trinajstić information content (AvgIpc) is 2.89. The van der Waals surface area contributed by atoms with E-state index in [4.69, 9.17) is 5.73 Å². The number of benzene rings is 1. The van der Waals surface area contributed by atoms with Gasteiger partial charge in [-0.1, -0.05) is 12.1 Å². The Morgan fingerprint density at radius 1 is 1.37 bits per heavy atom. The minimum Gasteiger partial charge on any atom is -0.337 e. The predicted octanol–water partition coefficient (Wildman–Crippen LogP) is 0.964. The van der Waals surface area contributed by atoms with Gasteiger partial charge in [-0.05, 0) is 51.2 Å². The fourth-order valence-corrected chi connectivity index (χ4v) is 2.51. The van der Waals surface area contributed by atoms with Gasteiger partial charge in [0.05, 0.1) is 0 Å². The summed E-state index contributed by atoms with van der Waals surface area (Å²) in [6.07, 6.45) is 1.92. The SMILES string of the molecule is CN(C)C1CCN(C(=O)c2ccc(CCN)cc2)C1. The molecule has 4 nitrogen and oxygen atoms in total. The van der Waals surface area contributed by atoms with E-state index in [9.17, 15) is 4.79 Å². The molecule has 1 unspecified atom stereocenters. The van der Waals surface area contributed by atoms with Crippen LogP contribution in [0.1, 0.15) is 22.3 Å². The summed E-state index contributed by atoms with van der Waals surface area (Å²) < 4.78 is 0. The zero-order chi connectivity index (χ0) is 13.8. The van der Waals surface area contributed by atoms with E-state index in [1.54, 1.807) is 0 Å². The van der Waals surface area contributed by atoms with Gasteiger partial charge in [0, 0.05) is 24.7 Å². The minimum absolute atomic E-state index is 0.142. The van der Waals surface area contributed by atoms with Crippen molar-refractivity contribution in [3.8, 4) is 0 Å². The van der Waals surface area contributed by atoms with Crippen LogP contribution in [0.2, 0.25) is 0 Å². The second-order valence-electron chi connectivity index (χ2n) is 5.39. The van der Waals surface area contributed by atoms with Gasteiger partial charge in [0.2, 0.25) is 0 Å². The summed E-state index contributed by atoms with van der Waals surface area (Å²) in [7, 11) is 4.14. The van der Waals surface area contributed by atoms with E-state index in [-0.39, 0.29) is 5.91 Å². The molecule has 0 saturated carbocycles. The first kappa shape index (κ1) is 14.0. The zero-order valence-electron chi connectivity index (χ0n) is 11.8. The molecule has 1 aromatic carbocycles.